The van der Waals surface area contributed by atoms with Crippen LogP contribution in [0.25, 0.3) is 0 Å². The van der Waals surface area contributed by atoms with Crippen molar-refractivity contribution in [3.05, 3.63) is 54.3 Å². The molecule has 168 valence electrons. The fourth-order valence-corrected chi connectivity index (χ4v) is 4.80. The Morgan fingerprint density at radius 1 is 1.00 bits per heavy atom. The van der Waals surface area contributed by atoms with E-state index in [1.165, 1.54) is 22.5 Å². The fraction of sp³-hybridized carbons (Fsp3) is 0.409. The number of anilines is 1. The highest BCUT2D eigenvalue weighted by Gasteiger charge is 2.29. The highest BCUT2D eigenvalue weighted by atomic mass is 32.2. The molecule has 0 radical (unpaired) electrons. The van der Waals surface area contributed by atoms with Crippen LogP contribution in [0.2, 0.25) is 0 Å². The minimum Gasteiger partial charge on any atom is -0.481 e. The molecule has 1 fully saturated rings. The van der Waals surface area contributed by atoms with Crippen molar-refractivity contribution in [2.45, 2.75) is 37.8 Å². The molecule has 1 atom stereocenters. The summed E-state index contributed by atoms with van der Waals surface area (Å²) in [6, 6.07) is 12.5. The van der Waals surface area contributed by atoms with Gasteiger partial charge in [-0.15, -0.1) is 0 Å². The average Bonchev–Trinajstić information content (AvgIpc) is 2.74. The zero-order chi connectivity index (χ0) is 22.6. The van der Waals surface area contributed by atoms with Gasteiger partial charge in [0.15, 0.2) is 6.10 Å². The van der Waals surface area contributed by atoms with Crippen LogP contribution >= 0.6 is 0 Å². The first kappa shape index (κ1) is 23.0. The first-order valence-corrected chi connectivity index (χ1v) is 11.7. The van der Waals surface area contributed by atoms with E-state index in [1.807, 2.05) is 18.7 Å². The van der Waals surface area contributed by atoms with Crippen LogP contribution in [0.3, 0.4) is 0 Å². The molecule has 1 amide bonds. The molecule has 0 spiro atoms. The van der Waals surface area contributed by atoms with E-state index in [1.54, 1.807) is 37.3 Å². The van der Waals surface area contributed by atoms with Crippen molar-refractivity contribution in [3.63, 3.8) is 0 Å². The Bertz CT molecular complexity index is 1000. The van der Waals surface area contributed by atoms with Gasteiger partial charge in [-0.25, -0.2) is 12.8 Å². The third-order valence-electron chi connectivity index (χ3n) is 5.01. The number of hydrogen-bond acceptors (Lipinski definition) is 5. The van der Waals surface area contributed by atoms with Gasteiger partial charge in [0.1, 0.15) is 11.6 Å². The first-order chi connectivity index (χ1) is 14.7. The van der Waals surface area contributed by atoms with E-state index in [2.05, 4.69) is 5.32 Å². The molecular formula is C22H28FN3O4S. The number of amides is 1. The standard InChI is InChI=1S/C22H28FN3O4S/c1-16(2)24-22(27)17(3)30-18-8-10-19(11-9-18)31(28,29)26-14-12-25(13-15-26)21-7-5-4-6-20(21)23/h4-11,16-17H,12-15H2,1-3H3,(H,24,27)/t17-/m1/s1. The van der Waals surface area contributed by atoms with Crippen molar-refractivity contribution in [3.8, 4) is 5.75 Å². The summed E-state index contributed by atoms with van der Waals surface area (Å²) in [4.78, 5) is 14.0. The smallest absolute Gasteiger partial charge is 0.260 e. The molecule has 1 heterocycles. The number of sulfonamides is 1. The summed E-state index contributed by atoms with van der Waals surface area (Å²) >= 11 is 0. The van der Waals surface area contributed by atoms with E-state index in [0.717, 1.165) is 0 Å². The molecule has 1 aliphatic heterocycles. The minimum atomic E-state index is -3.68. The summed E-state index contributed by atoms with van der Waals surface area (Å²) in [5, 5.41) is 2.77. The Morgan fingerprint density at radius 3 is 2.19 bits per heavy atom. The van der Waals surface area contributed by atoms with Crippen LogP contribution in [0.15, 0.2) is 53.4 Å². The van der Waals surface area contributed by atoms with Crippen molar-refractivity contribution in [2.75, 3.05) is 31.1 Å². The lowest BCUT2D eigenvalue weighted by molar-refractivity contribution is -0.127. The van der Waals surface area contributed by atoms with Gasteiger partial charge in [-0.1, -0.05) is 12.1 Å². The SMILES string of the molecule is CC(C)NC(=O)[C@@H](C)Oc1ccc(S(=O)(=O)N2CCN(c3ccccc3F)CC2)cc1. The number of carbonyl (C=O) groups is 1. The molecule has 0 aliphatic carbocycles. The van der Waals surface area contributed by atoms with Crippen molar-refractivity contribution < 1.29 is 22.3 Å². The monoisotopic (exact) mass is 449 g/mol. The lowest BCUT2D eigenvalue weighted by Crippen LogP contribution is -2.48. The number of para-hydroxylation sites is 1. The Labute approximate surface area is 182 Å². The molecule has 0 bridgehead atoms. The second-order valence-corrected chi connectivity index (χ2v) is 9.68. The summed E-state index contributed by atoms with van der Waals surface area (Å²) in [6.45, 7) is 6.70. The molecular weight excluding hydrogens is 421 g/mol. The van der Waals surface area contributed by atoms with Crippen molar-refractivity contribution in [1.82, 2.24) is 9.62 Å². The summed E-state index contributed by atoms with van der Waals surface area (Å²) in [6.07, 6.45) is -0.698. The molecule has 0 unspecified atom stereocenters. The minimum absolute atomic E-state index is 0.00456. The van der Waals surface area contributed by atoms with Crippen LogP contribution in [0.1, 0.15) is 20.8 Å². The van der Waals surface area contributed by atoms with Gasteiger partial charge in [-0.05, 0) is 57.2 Å². The van der Waals surface area contributed by atoms with Gasteiger partial charge in [0, 0.05) is 32.2 Å². The molecule has 0 aromatic heterocycles. The van der Waals surface area contributed by atoms with Gasteiger partial charge in [-0.2, -0.15) is 4.31 Å². The molecule has 2 aromatic rings. The summed E-state index contributed by atoms with van der Waals surface area (Å²) in [7, 11) is -3.68. The molecule has 31 heavy (non-hydrogen) atoms. The summed E-state index contributed by atoms with van der Waals surface area (Å²) < 4.78 is 47.0. The van der Waals surface area contributed by atoms with Crippen LogP contribution < -0.4 is 15.0 Å². The number of ether oxygens (including phenoxy) is 1. The Kier molecular flexibility index (Phi) is 7.17. The van der Waals surface area contributed by atoms with Gasteiger partial charge in [0.25, 0.3) is 5.91 Å². The van der Waals surface area contributed by atoms with Crippen molar-refractivity contribution in [2.24, 2.45) is 0 Å². The van der Waals surface area contributed by atoms with Gasteiger partial charge < -0.3 is 15.0 Å². The Balaban J connectivity index is 1.62. The van der Waals surface area contributed by atoms with Crippen LogP contribution in [-0.4, -0.2) is 57.0 Å². The maximum Gasteiger partial charge on any atom is 0.260 e. The quantitative estimate of drug-likeness (QED) is 0.703. The van der Waals surface area contributed by atoms with E-state index in [-0.39, 0.29) is 35.8 Å². The number of benzene rings is 2. The number of rotatable bonds is 7. The maximum atomic E-state index is 14.0. The van der Waals surface area contributed by atoms with Crippen molar-refractivity contribution >= 4 is 21.6 Å². The number of carbonyl (C=O) groups excluding carboxylic acids is 1. The highest BCUT2D eigenvalue weighted by Crippen LogP contribution is 2.24. The third kappa shape index (κ3) is 5.54. The Hall–Kier alpha value is -2.65. The number of piperazine rings is 1. The van der Waals surface area contributed by atoms with Crippen LogP contribution in [0.5, 0.6) is 5.75 Å². The van der Waals surface area contributed by atoms with Gasteiger partial charge >= 0.3 is 0 Å². The molecule has 7 nitrogen and oxygen atoms in total. The molecule has 1 saturated heterocycles. The number of nitrogens with one attached hydrogen (secondary N) is 1. The molecule has 3 rings (SSSR count). The van der Waals surface area contributed by atoms with E-state index in [4.69, 9.17) is 4.74 Å². The summed E-state index contributed by atoms with van der Waals surface area (Å²) in [5.41, 5.74) is 0.483. The molecule has 1 N–H and O–H groups in total. The average molecular weight is 450 g/mol. The summed E-state index contributed by atoms with van der Waals surface area (Å²) in [5.74, 6) is -0.139. The maximum absolute atomic E-state index is 14.0. The van der Waals surface area contributed by atoms with Crippen LogP contribution in [-0.2, 0) is 14.8 Å². The zero-order valence-corrected chi connectivity index (χ0v) is 18.7. The van der Waals surface area contributed by atoms with Gasteiger partial charge in [0.2, 0.25) is 10.0 Å². The largest absolute Gasteiger partial charge is 0.481 e. The topological polar surface area (TPSA) is 78.9 Å². The second kappa shape index (κ2) is 9.65. The van der Waals surface area contributed by atoms with E-state index >= 15 is 0 Å². The van der Waals surface area contributed by atoms with E-state index in [0.29, 0.717) is 24.5 Å². The molecule has 1 aliphatic rings. The fourth-order valence-electron chi connectivity index (χ4n) is 3.38. The van der Waals surface area contributed by atoms with E-state index in [9.17, 15) is 17.6 Å². The second-order valence-electron chi connectivity index (χ2n) is 7.74. The molecule has 2 aromatic carbocycles. The zero-order valence-electron chi connectivity index (χ0n) is 17.9. The number of hydrogen-bond donors (Lipinski definition) is 1. The third-order valence-corrected chi connectivity index (χ3v) is 6.92. The highest BCUT2D eigenvalue weighted by molar-refractivity contribution is 7.89. The Morgan fingerprint density at radius 2 is 1.61 bits per heavy atom. The first-order valence-electron chi connectivity index (χ1n) is 10.2. The predicted molar refractivity (Wildman–Crippen MR) is 117 cm³/mol. The normalized spacial score (nSPS) is 16.2. The van der Waals surface area contributed by atoms with Gasteiger partial charge in [-0.3, -0.25) is 4.79 Å². The van der Waals surface area contributed by atoms with Crippen LogP contribution in [0.4, 0.5) is 10.1 Å². The van der Waals surface area contributed by atoms with E-state index < -0.39 is 16.1 Å². The number of nitrogens with zero attached hydrogens (tertiary/aromatic N) is 2. The van der Waals surface area contributed by atoms with Crippen molar-refractivity contribution in [1.29, 1.82) is 0 Å². The number of halogens is 1. The lowest BCUT2D eigenvalue weighted by atomic mass is 10.2. The van der Waals surface area contributed by atoms with Crippen LogP contribution in [0, 0.1) is 5.82 Å². The van der Waals surface area contributed by atoms with Gasteiger partial charge in [0.05, 0.1) is 10.6 Å². The molecule has 0 saturated carbocycles. The lowest BCUT2D eigenvalue weighted by Gasteiger charge is -2.35. The predicted octanol–water partition coefficient (Wildman–Crippen LogP) is 2.63. The molecule has 9 heteroatoms.